The van der Waals surface area contributed by atoms with Crippen LogP contribution in [0.3, 0.4) is 0 Å². The number of hydrogen-bond acceptors (Lipinski definition) is 6. The fraction of sp³-hybridized carbons (Fsp3) is 0.312. The van der Waals surface area contributed by atoms with E-state index in [9.17, 15) is 19.5 Å². The molecular formula is C16H16O6. The van der Waals surface area contributed by atoms with Gasteiger partial charge in [-0.25, -0.2) is 9.59 Å². The van der Waals surface area contributed by atoms with Gasteiger partial charge in [-0.2, -0.15) is 0 Å². The molecule has 1 atom stereocenters. The molecule has 6 heteroatoms. The third kappa shape index (κ3) is 2.21. The summed E-state index contributed by atoms with van der Waals surface area (Å²) >= 11 is 0. The summed E-state index contributed by atoms with van der Waals surface area (Å²) in [6, 6.07) is 6.59. The topological polar surface area (TPSA) is 89.9 Å². The highest BCUT2D eigenvalue weighted by Crippen LogP contribution is 2.41. The van der Waals surface area contributed by atoms with Gasteiger partial charge in [-0.1, -0.05) is 24.3 Å². The number of ether oxygens (including phenoxy) is 2. The molecule has 1 aromatic rings. The molecule has 0 amide bonds. The monoisotopic (exact) mass is 304 g/mol. The summed E-state index contributed by atoms with van der Waals surface area (Å²) in [7, 11) is 2.28. The zero-order chi connectivity index (χ0) is 16.5. The maximum atomic E-state index is 12.1. The van der Waals surface area contributed by atoms with E-state index in [1.165, 1.54) is 0 Å². The highest BCUT2D eigenvalue weighted by atomic mass is 16.5. The van der Waals surface area contributed by atoms with Crippen LogP contribution in [0.1, 0.15) is 18.1 Å². The summed E-state index contributed by atoms with van der Waals surface area (Å²) in [5, 5.41) is 11.0. The second-order valence-corrected chi connectivity index (χ2v) is 4.94. The number of ketones is 1. The Labute approximate surface area is 127 Å². The van der Waals surface area contributed by atoms with Crippen LogP contribution in [-0.2, 0) is 35.9 Å². The second-order valence-electron chi connectivity index (χ2n) is 4.94. The summed E-state index contributed by atoms with van der Waals surface area (Å²) in [5.74, 6) is -2.40. The van der Waals surface area contributed by atoms with Crippen LogP contribution in [0.4, 0.5) is 0 Å². The molecule has 0 saturated carbocycles. The number of carbonyl (C=O) groups excluding carboxylic acids is 3. The van der Waals surface area contributed by atoms with Gasteiger partial charge in [0.15, 0.2) is 11.4 Å². The molecule has 0 aromatic heterocycles. The lowest BCUT2D eigenvalue weighted by atomic mass is 9.72. The molecule has 116 valence electrons. The Morgan fingerprint density at radius 3 is 2.23 bits per heavy atom. The van der Waals surface area contributed by atoms with Crippen LogP contribution in [-0.4, -0.2) is 37.0 Å². The zero-order valence-corrected chi connectivity index (χ0v) is 12.5. The Kier molecular flexibility index (Phi) is 4.14. The van der Waals surface area contributed by atoms with Crippen LogP contribution in [0, 0.1) is 0 Å². The molecule has 6 nitrogen and oxygen atoms in total. The number of hydrogen-bond donors (Lipinski definition) is 1. The maximum Gasteiger partial charge on any atom is 0.338 e. The van der Waals surface area contributed by atoms with Crippen LogP contribution < -0.4 is 0 Å². The van der Waals surface area contributed by atoms with Crippen LogP contribution in [0.2, 0.25) is 0 Å². The fourth-order valence-electron chi connectivity index (χ4n) is 2.70. The molecular weight excluding hydrogens is 288 g/mol. The van der Waals surface area contributed by atoms with Gasteiger partial charge in [0.1, 0.15) is 0 Å². The van der Waals surface area contributed by atoms with E-state index >= 15 is 0 Å². The van der Waals surface area contributed by atoms with Crippen molar-refractivity contribution in [2.24, 2.45) is 0 Å². The van der Waals surface area contributed by atoms with Gasteiger partial charge in [-0.3, -0.25) is 4.79 Å². The quantitative estimate of drug-likeness (QED) is 0.825. The van der Waals surface area contributed by atoms with Crippen LogP contribution in [0.15, 0.2) is 35.4 Å². The standard InChI is InChI=1S/C16H16O6/c1-9(17)16(20)12-7-5-4-6-10(12)8-11(14(18)21-2)13(16)15(19)22-3/h4-7,20H,8H2,1-3H3. The van der Waals surface area contributed by atoms with Crippen molar-refractivity contribution in [1.82, 2.24) is 0 Å². The molecule has 0 spiro atoms. The molecule has 0 fully saturated rings. The molecule has 0 heterocycles. The lowest BCUT2D eigenvalue weighted by Gasteiger charge is -2.34. The summed E-state index contributed by atoms with van der Waals surface area (Å²) < 4.78 is 9.33. The SMILES string of the molecule is COC(=O)C1=C(C(=O)OC)C(O)(C(C)=O)c2ccccc2C1. The summed E-state index contributed by atoms with van der Waals surface area (Å²) in [4.78, 5) is 36.3. The average Bonchev–Trinajstić information content (AvgIpc) is 2.53. The van der Waals surface area contributed by atoms with Crippen molar-refractivity contribution < 1.29 is 29.0 Å². The van der Waals surface area contributed by atoms with Crippen LogP contribution in [0.5, 0.6) is 0 Å². The van der Waals surface area contributed by atoms with Gasteiger partial charge in [0.2, 0.25) is 0 Å². The van der Waals surface area contributed by atoms with Crippen LogP contribution >= 0.6 is 0 Å². The normalized spacial score (nSPS) is 20.2. The molecule has 0 saturated heterocycles. The van der Waals surface area contributed by atoms with Gasteiger partial charge in [0, 0.05) is 6.42 Å². The summed E-state index contributed by atoms with van der Waals surface area (Å²) in [6.07, 6.45) is 0.0723. The molecule has 1 unspecified atom stereocenters. The van der Waals surface area contributed by atoms with E-state index in [0.717, 1.165) is 21.1 Å². The highest BCUT2D eigenvalue weighted by Gasteiger charge is 2.49. The number of benzene rings is 1. The van der Waals surface area contributed by atoms with E-state index in [-0.39, 0.29) is 23.1 Å². The third-order valence-electron chi connectivity index (χ3n) is 3.77. The molecule has 1 aromatic carbocycles. The third-order valence-corrected chi connectivity index (χ3v) is 3.77. The molecule has 0 bridgehead atoms. The lowest BCUT2D eigenvalue weighted by molar-refractivity contribution is -0.146. The summed E-state index contributed by atoms with van der Waals surface area (Å²) in [5.41, 5.74) is -1.84. The van der Waals surface area contributed by atoms with Crippen molar-refractivity contribution in [2.45, 2.75) is 18.9 Å². The Hall–Kier alpha value is -2.47. The second kappa shape index (κ2) is 5.73. The highest BCUT2D eigenvalue weighted by molar-refractivity contribution is 6.09. The van der Waals surface area contributed by atoms with Crippen molar-refractivity contribution in [2.75, 3.05) is 14.2 Å². The van der Waals surface area contributed by atoms with Gasteiger partial charge in [0.05, 0.1) is 25.4 Å². The van der Waals surface area contributed by atoms with Gasteiger partial charge < -0.3 is 14.6 Å². The predicted molar refractivity (Wildman–Crippen MR) is 75.8 cm³/mol. The van der Waals surface area contributed by atoms with E-state index in [1.54, 1.807) is 24.3 Å². The van der Waals surface area contributed by atoms with Crippen LogP contribution in [0.25, 0.3) is 0 Å². The van der Waals surface area contributed by atoms with E-state index in [1.807, 2.05) is 0 Å². The van der Waals surface area contributed by atoms with Crippen molar-refractivity contribution >= 4 is 17.7 Å². The van der Waals surface area contributed by atoms with E-state index < -0.39 is 23.3 Å². The van der Waals surface area contributed by atoms with Crippen molar-refractivity contribution in [3.63, 3.8) is 0 Å². The first-order chi connectivity index (χ1) is 10.4. The first-order valence-electron chi connectivity index (χ1n) is 6.60. The first-order valence-corrected chi connectivity index (χ1v) is 6.60. The van der Waals surface area contributed by atoms with Crippen molar-refractivity contribution in [1.29, 1.82) is 0 Å². The van der Waals surface area contributed by atoms with Gasteiger partial charge in [-0.05, 0) is 18.1 Å². The number of methoxy groups -OCH3 is 2. The minimum Gasteiger partial charge on any atom is -0.466 e. The fourth-order valence-corrected chi connectivity index (χ4v) is 2.70. The Bertz CT molecular complexity index is 688. The number of rotatable bonds is 3. The molecule has 1 aliphatic rings. The Morgan fingerprint density at radius 1 is 1.09 bits per heavy atom. The predicted octanol–water partition coefficient (Wildman–Crippen LogP) is 0.662. The first kappa shape index (κ1) is 15.9. The minimum absolute atomic E-state index is 0.0723. The minimum atomic E-state index is -2.23. The smallest absolute Gasteiger partial charge is 0.338 e. The maximum absolute atomic E-state index is 12.1. The van der Waals surface area contributed by atoms with Gasteiger partial charge >= 0.3 is 11.9 Å². The van der Waals surface area contributed by atoms with Crippen molar-refractivity contribution in [3.8, 4) is 0 Å². The molecule has 1 N–H and O–H groups in total. The number of esters is 2. The van der Waals surface area contributed by atoms with Gasteiger partial charge in [-0.15, -0.1) is 0 Å². The van der Waals surface area contributed by atoms with E-state index in [2.05, 4.69) is 9.47 Å². The zero-order valence-electron chi connectivity index (χ0n) is 12.5. The molecule has 22 heavy (non-hydrogen) atoms. The number of Topliss-reactive ketones (excluding diaryl/α,β-unsaturated/α-hetero) is 1. The summed E-state index contributed by atoms with van der Waals surface area (Å²) in [6.45, 7) is 1.15. The number of fused-ring (bicyclic) bond motifs is 1. The molecule has 0 aliphatic heterocycles. The lowest BCUT2D eigenvalue weighted by Crippen LogP contribution is -2.44. The molecule has 1 aliphatic carbocycles. The van der Waals surface area contributed by atoms with E-state index in [4.69, 9.17) is 0 Å². The Morgan fingerprint density at radius 2 is 1.68 bits per heavy atom. The van der Waals surface area contributed by atoms with Crippen molar-refractivity contribution in [3.05, 3.63) is 46.5 Å². The largest absolute Gasteiger partial charge is 0.466 e. The molecule has 0 radical (unpaired) electrons. The Balaban J connectivity index is 2.83. The molecule has 2 rings (SSSR count). The number of carbonyl (C=O) groups is 3. The van der Waals surface area contributed by atoms with Gasteiger partial charge in [0.25, 0.3) is 0 Å². The number of aliphatic hydroxyl groups is 1. The average molecular weight is 304 g/mol. The van der Waals surface area contributed by atoms with E-state index in [0.29, 0.717) is 5.56 Å².